The van der Waals surface area contributed by atoms with Gasteiger partial charge in [0.1, 0.15) is 0 Å². The maximum Gasteiger partial charge on any atom is 0.228 e. The van der Waals surface area contributed by atoms with Crippen LogP contribution >= 0.6 is 11.6 Å². The average Bonchev–Trinajstić information content (AvgIpc) is 2.03. The van der Waals surface area contributed by atoms with Gasteiger partial charge in [0.05, 0.1) is 5.41 Å². The van der Waals surface area contributed by atoms with Gasteiger partial charge >= 0.3 is 0 Å². The molecule has 0 aliphatic rings. The smallest absolute Gasteiger partial charge is 0.228 e. The molecule has 0 radical (unpaired) electrons. The third kappa shape index (κ3) is 2.49. The molecule has 0 aromatic heterocycles. The zero-order chi connectivity index (χ0) is 9.61. The molecule has 0 aliphatic carbocycles. The third-order valence-electron chi connectivity index (χ3n) is 2.16. The van der Waals surface area contributed by atoms with E-state index in [2.05, 4.69) is 13.2 Å². The first-order valence-electron chi connectivity index (χ1n) is 4.04. The number of allylic oxidation sites excluding steroid dienone is 2. The predicted octanol–water partition coefficient (Wildman–Crippen LogP) is 3.30. The topological polar surface area (TPSA) is 17.1 Å². The fraction of sp³-hybridized carbons (Fsp3) is 0.500. The average molecular weight is 187 g/mol. The zero-order valence-corrected chi connectivity index (χ0v) is 8.23. The Morgan fingerprint density at radius 3 is 2.00 bits per heavy atom. The first-order valence-corrected chi connectivity index (χ1v) is 4.42. The zero-order valence-electron chi connectivity index (χ0n) is 7.48. The Morgan fingerprint density at radius 2 is 1.83 bits per heavy atom. The predicted molar refractivity (Wildman–Crippen MR) is 53.2 cm³/mol. The van der Waals surface area contributed by atoms with Gasteiger partial charge in [-0.3, -0.25) is 4.79 Å². The number of hydrogen-bond donors (Lipinski definition) is 0. The van der Waals surface area contributed by atoms with Gasteiger partial charge in [-0.15, -0.1) is 13.2 Å². The van der Waals surface area contributed by atoms with Crippen molar-refractivity contribution >= 4 is 16.8 Å². The van der Waals surface area contributed by atoms with Crippen molar-refractivity contribution in [1.29, 1.82) is 0 Å². The van der Waals surface area contributed by atoms with Crippen LogP contribution in [-0.2, 0) is 4.79 Å². The van der Waals surface area contributed by atoms with Crippen LogP contribution in [0.25, 0.3) is 0 Å². The largest absolute Gasteiger partial charge is 0.281 e. The molecule has 68 valence electrons. The Hall–Kier alpha value is -0.560. The lowest BCUT2D eigenvalue weighted by molar-refractivity contribution is -0.120. The lowest BCUT2D eigenvalue weighted by Crippen LogP contribution is -2.25. The van der Waals surface area contributed by atoms with Gasteiger partial charge in [0, 0.05) is 0 Å². The molecule has 0 N–H and O–H groups in total. The van der Waals surface area contributed by atoms with Crippen molar-refractivity contribution in [2.45, 2.75) is 26.2 Å². The van der Waals surface area contributed by atoms with Crippen LogP contribution in [0, 0.1) is 5.41 Å². The number of rotatable bonds is 6. The van der Waals surface area contributed by atoms with Crippen molar-refractivity contribution < 1.29 is 4.79 Å². The van der Waals surface area contributed by atoms with Crippen molar-refractivity contribution in [2.24, 2.45) is 5.41 Å². The minimum atomic E-state index is -0.467. The first kappa shape index (κ1) is 11.4. The first-order chi connectivity index (χ1) is 5.63. The molecule has 0 spiro atoms. The summed E-state index contributed by atoms with van der Waals surface area (Å²) in [6, 6.07) is 0. The molecule has 1 nitrogen and oxygen atoms in total. The normalized spacial score (nSPS) is 10.8. The lowest BCUT2D eigenvalue weighted by atomic mass is 9.80. The summed E-state index contributed by atoms with van der Waals surface area (Å²) in [6.07, 6.45) is 5.43. The fourth-order valence-electron chi connectivity index (χ4n) is 1.22. The number of hydrogen-bond acceptors (Lipinski definition) is 1. The van der Waals surface area contributed by atoms with Crippen LogP contribution in [0.2, 0.25) is 0 Å². The summed E-state index contributed by atoms with van der Waals surface area (Å²) in [7, 11) is 0. The van der Waals surface area contributed by atoms with E-state index in [1.54, 1.807) is 12.2 Å². The van der Waals surface area contributed by atoms with Crippen LogP contribution < -0.4 is 0 Å². The van der Waals surface area contributed by atoms with Crippen molar-refractivity contribution in [3.63, 3.8) is 0 Å². The monoisotopic (exact) mass is 186 g/mol. The molecule has 12 heavy (non-hydrogen) atoms. The molecule has 0 aliphatic heterocycles. The van der Waals surface area contributed by atoms with Gasteiger partial charge in [0.25, 0.3) is 0 Å². The standard InChI is InChI=1S/C10H15ClO/c1-4-7-10(6-3,8-5-2)9(11)12/h4-5H,1-2,6-8H2,3H3. The second-order valence-electron chi connectivity index (χ2n) is 2.89. The summed E-state index contributed by atoms with van der Waals surface area (Å²) < 4.78 is 0. The summed E-state index contributed by atoms with van der Waals surface area (Å²) in [4.78, 5) is 11.1. The number of halogens is 1. The summed E-state index contributed by atoms with van der Waals surface area (Å²) in [5, 5.41) is -0.287. The molecule has 0 amide bonds. The van der Waals surface area contributed by atoms with E-state index in [-0.39, 0.29) is 5.24 Å². The van der Waals surface area contributed by atoms with Crippen molar-refractivity contribution in [3.05, 3.63) is 25.3 Å². The summed E-state index contributed by atoms with van der Waals surface area (Å²) in [6.45, 7) is 9.18. The highest BCUT2D eigenvalue weighted by Gasteiger charge is 2.32. The molecule has 0 saturated carbocycles. The molecular weight excluding hydrogens is 172 g/mol. The van der Waals surface area contributed by atoms with Crippen LogP contribution in [0.5, 0.6) is 0 Å². The lowest BCUT2D eigenvalue weighted by Gasteiger charge is -2.25. The van der Waals surface area contributed by atoms with Gasteiger partial charge in [-0.05, 0) is 30.9 Å². The Balaban J connectivity index is 4.60. The van der Waals surface area contributed by atoms with Crippen molar-refractivity contribution in [3.8, 4) is 0 Å². The molecule has 0 rings (SSSR count). The van der Waals surface area contributed by atoms with Gasteiger partial charge in [0.2, 0.25) is 5.24 Å². The molecule has 0 aromatic rings. The highest BCUT2D eigenvalue weighted by Crippen LogP contribution is 2.34. The minimum Gasteiger partial charge on any atom is -0.281 e. The van der Waals surface area contributed by atoms with Crippen LogP contribution in [0.4, 0.5) is 0 Å². The van der Waals surface area contributed by atoms with Crippen molar-refractivity contribution in [2.75, 3.05) is 0 Å². The summed E-state index contributed by atoms with van der Waals surface area (Å²) >= 11 is 5.52. The maximum atomic E-state index is 11.1. The van der Waals surface area contributed by atoms with E-state index in [1.807, 2.05) is 6.92 Å². The van der Waals surface area contributed by atoms with E-state index in [0.717, 1.165) is 6.42 Å². The third-order valence-corrected chi connectivity index (χ3v) is 2.56. The Kier molecular flexibility index (Phi) is 4.91. The van der Waals surface area contributed by atoms with Gasteiger partial charge in [-0.25, -0.2) is 0 Å². The Morgan fingerprint density at radius 1 is 1.42 bits per heavy atom. The van der Waals surface area contributed by atoms with E-state index in [0.29, 0.717) is 12.8 Å². The van der Waals surface area contributed by atoms with Crippen LogP contribution in [0.1, 0.15) is 26.2 Å². The van der Waals surface area contributed by atoms with Gasteiger partial charge < -0.3 is 0 Å². The Labute approximate surface area is 79.1 Å². The molecule has 0 aromatic carbocycles. The van der Waals surface area contributed by atoms with E-state index in [4.69, 9.17) is 11.6 Å². The van der Waals surface area contributed by atoms with E-state index < -0.39 is 5.41 Å². The van der Waals surface area contributed by atoms with Gasteiger partial charge in [0.15, 0.2) is 0 Å². The molecule has 0 bridgehead atoms. The van der Waals surface area contributed by atoms with E-state index in [9.17, 15) is 4.79 Å². The van der Waals surface area contributed by atoms with Gasteiger partial charge in [-0.2, -0.15) is 0 Å². The quantitative estimate of drug-likeness (QED) is 0.460. The SMILES string of the molecule is C=CCC(CC)(CC=C)C(=O)Cl. The highest BCUT2D eigenvalue weighted by molar-refractivity contribution is 6.64. The van der Waals surface area contributed by atoms with E-state index in [1.165, 1.54) is 0 Å². The maximum absolute atomic E-state index is 11.1. The second kappa shape index (κ2) is 5.15. The summed E-state index contributed by atoms with van der Waals surface area (Å²) in [5.41, 5.74) is -0.467. The second-order valence-corrected chi connectivity index (χ2v) is 3.24. The van der Waals surface area contributed by atoms with Crippen LogP contribution in [0.15, 0.2) is 25.3 Å². The number of carbonyl (C=O) groups excluding carboxylic acids is 1. The fourth-order valence-corrected chi connectivity index (χ4v) is 1.51. The molecular formula is C10H15ClO. The highest BCUT2D eigenvalue weighted by atomic mass is 35.5. The molecule has 0 heterocycles. The van der Waals surface area contributed by atoms with E-state index >= 15 is 0 Å². The molecule has 0 saturated heterocycles. The molecule has 0 unspecified atom stereocenters. The minimum absolute atomic E-state index is 0.287. The molecule has 2 heteroatoms. The van der Waals surface area contributed by atoms with Crippen LogP contribution in [0.3, 0.4) is 0 Å². The molecule has 0 atom stereocenters. The van der Waals surface area contributed by atoms with Crippen molar-refractivity contribution in [1.82, 2.24) is 0 Å². The van der Waals surface area contributed by atoms with Crippen LogP contribution in [-0.4, -0.2) is 5.24 Å². The van der Waals surface area contributed by atoms with Gasteiger partial charge in [-0.1, -0.05) is 19.1 Å². The number of carbonyl (C=O) groups is 1. The summed E-state index contributed by atoms with van der Waals surface area (Å²) in [5.74, 6) is 0. The Bertz CT molecular complexity index is 174. The molecule has 0 fully saturated rings.